The second-order valence-corrected chi connectivity index (χ2v) is 4.61. The molecule has 94 valence electrons. The van der Waals surface area contributed by atoms with Gasteiger partial charge in [0, 0.05) is 12.5 Å². The third-order valence-electron chi connectivity index (χ3n) is 3.24. The lowest BCUT2D eigenvalue weighted by Gasteiger charge is -2.08. The number of rotatable bonds is 4. The van der Waals surface area contributed by atoms with Crippen molar-refractivity contribution in [1.29, 1.82) is 0 Å². The summed E-state index contributed by atoms with van der Waals surface area (Å²) < 4.78 is 15.7. The first kappa shape index (κ1) is 11.3. The molecule has 1 heterocycles. The van der Waals surface area contributed by atoms with Crippen LogP contribution in [0.25, 0.3) is 0 Å². The molecule has 0 saturated heterocycles. The van der Waals surface area contributed by atoms with E-state index in [1.807, 2.05) is 6.07 Å². The van der Waals surface area contributed by atoms with Gasteiger partial charge in [-0.15, -0.1) is 10.2 Å². The van der Waals surface area contributed by atoms with E-state index in [0.29, 0.717) is 24.6 Å². The quantitative estimate of drug-likeness (QED) is 0.895. The van der Waals surface area contributed by atoms with Gasteiger partial charge in [0.2, 0.25) is 0 Å². The highest BCUT2D eigenvalue weighted by molar-refractivity contribution is 5.22. The Hall–Kier alpha value is -1.75. The maximum atomic E-state index is 13.6. The Labute approximate surface area is 105 Å². The summed E-state index contributed by atoms with van der Waals surface area (Å²) in [5.74, 6) is 1.41. The molecule has 1 aliphatic carbocycles. The summed E-state index contributed by atoms with van der Waals surface area (Å²) >= 11 is 0. The summed E-state index contributed by atoms with van der Waals surface area (Å²) in [4.78, 5) is 0. The van der Waals surface area contributed by atoms with Gasteiger partial charge in [-0.1, -0.05) is 18.2 Å². The molecule has 4 nitrogen and oxygen atoms in total. The third-order valence-corrected chi connectivity index (χ3v) is 3.24. The Morgan fingerprint density at radius 3 is 2.61 bits per heavy atom. The standard InChI is InChI=1S/C13H15FN4/c14-11-4-2-1-3-9(11)7-12-16-17-13(8-15)18(12)10-5-6-10/h1-4,10H,5-8,15H2. The highest BCUT2D eigenvalue weighted by atomic mass is 19.1. The van der Waals surface area contributed by atoms with Crippen molar-refractivity contribution >= 4 is 0 Å². The number of halogens is 1. The summed E-state index contributed by atoms with van der Waals surface area (Å²) in [5.41, 5.74) is 6.30. The number of aromatic nitrogens is 3. The predicted molar refractivity (Wildman–Crippen MR) is 65.4 cm³/mol. The van der Waals surface area contributed by atoms with Crippen LogP contribution in [0.5, 0.6) is 0 Å². The Kier molecular flexibility index (Phi) is 2.83. The molecule has 1 aliphatic rings. The molecule has 18 heavy (non-hydrogen) atoms. The van der Waals surface area contributed by atoms with E-state index in [0.717, 1.165) is 24.5 Å². The van der Waals surface area contributed by atoms with Crippen LogP contribution in [-0.4, -0.2) is 14.8 Å². The van der Waals surface area contributed by atoms with Crippen molar-refractivity contribution < 1.29 is 4.39 Å². The second-order valence-electron chi connectivity index (χ2n) is 4.61. The van der Waals surface area contributed by atoms with E-state index < -0.39 is 0 Å². The van der Waals surface area contributed by atoms with E-state index in [4.69, 9.17) is 5.73 Å². The lowest BCUT2D eigenvalue weighted by molar-refractivity contribution is 0.603. The summed E-state index contributed by atoms with van der Waals surface area (Å²) in [7, 11) is 0. The predicted octanol–water partition coefficient (Wildman–Crippen LogP) is 1.80. The molecular weight excluding hydrogens is 231 g/mol. The number of nitrogens with two attached hydrogens (primary N) is 1. The smallest absolute Gasteiger partial charge is 0.147 e. The van der Waals surface area contributed by atoms with Crippen LogP contribution in [0.4, 0.5) is 4.39 Å². The number of hydrogen-bond donors (Lipinski definition) is 1. The van der Waals surface area contributed by atoms with Gasteiger partial charge in [-0.25, -0.2) is 4.39 Å². The van der Waals surface area contributed by atoms with Crippen molar-refractivity contribution in [2.75, 3.05) is 0 Å². The first-order valence-corrected chi connectivity index (χ1v) is 6.15. The van der Waals surface area contributed by atoms with Gasteiger partial charge in [0.05, 0.1) is 6.54 Å². The fourth-order valence-corrected chi connectivity index (χ4v) is 2.19. The van der Waals surface area contributed by atoms with Crippen molar-refractivity contribution in [1.82, 2.24) is 14.8 Å². The van der Waals surface area contributed by atoms with Crippen LogP contribution in [0, 0.1) is 5.82 Å². The van der Waals surface area contributed by atoms with Crippen molar-refractivity contribution in [3.63, 3.8) is 0 Å². The Bertz CT molecular complexity index is 560. The average Bonchev–Trinajstić information content (AvgIpc) is 3.14. The van der Waals surface area contributed by atoms with Crippen LogP contribution in [0.2, 0.25) is 0 Å². The topological polar surface area (TPSA) is 56.7 Å². The van der Waals surface area contributed by atoms with Gasteiger partial charge in [0.15, 0.2) is 0 Å². The Morgan fingerprint density at radius 2 is 1.94 bits per heavy atom. The maximum absolute atomic E-state index is 13.6. The van der Waals surface area contributed by atoms with E-state index in [1.54, 1.807) is 12.1 Å². The molecular formula is C13H15FN4. The van der Waals surface area contributed by atoms with Crippen molar-refractivity contribution in [2.45, 2.75) is 31.8 Å². The van der Waals surface area contributed by atoms with E-state index in [1.165, 1.54) is 6.07 Å². The highest BCUT2D eigenvalue weighted by Gasteiger charge is 2.29. The minimum atomic E-state index is -0.197. The lowest BCUT2D eigenvalue weighted by Crippen LogP contribution is -2.10. The normalized spacial score (nSPS) is 15.0. The van der Waals surface area contributed by atoms with E-state index in [-0.39, 0.29) is 5.82 Å². The molecule has 0 unspecified atom stereocenters. The largest absolute Gasteiger partial charge is 0.324 e. The zero-order valence-electron chi connectivity index (χ0n) is 10.0. The van der Waals surface area contributed by atoms with Gasteiger partial charge >= 0.3 is 0 Å². The summed E-state index contributed by atoms with van der Waals surface area (Å²) in [6, 6.07) is 7.23. The molecule has 0 bridgehead atoms. The lowest BCUT2D eigenvalue weighted by atomic mass is 10.1. The molecule has 1 aromatic heterocycles. The molecule has 0 amide bonds. The SMILES string of the molecule is NCc1nnc(Cc2ccccc2F)n1C1CC1. The molecule has 3 rings (SSSR count). The fourth-order valence-electron chi connectivity index (χ4n) is 2.19. The van der Waals surface area contributed by atoms with Gasteiger partial charge in [0.25, 0.3) is 0 Å². The molecule has 2 N–H and O–H groups in total. The summed E-state index contributed by atoms with van der Waals surface area (Å²) in [6.07, 6.45) is 2.74. The van der Waals surface area contributed by atoms with Crippen LogP contribution in [0.15, 0.2) is 24.3 Å². The molecule has 5 heteroatoms. The van der Waals surface area contributed by atoms with Crippen molar-refractivity contribution in [3.05, 3.63) is 47.3 Å². The first-order valence-electron chi connectivity index (χ1n) is 6.15. The van der Waals surface area contributed by atoms with E-state index >= 15 is 0 Å². The van der Waals surface area contributed by atoms with Crippen LogP contribution < -0.4 is 5.73 Å². The van der Waals surface area contributed by atoms with E-state index in [9.17, 15) is 4.39 Å². The van der Waals surface area contributed by atoms with Crippen molar-refractivity contribution in [2.24, 2.45) is 5.73 Å². The first-order chi connectivity index (χ1) is 8.79. The van der Waals surface area contributed by atoms with Gasteiger partial charge in [-0.3, -0.25) is 0 Å². The molecule has 0 aliphatic heterocycles. The minimum absolute atomic E-state index is 0.197. The second kappa shape index (κ2) is 4.49. The summed E-state index contributed by atoms with van der Waals surface area (Å²) in [5, 5.41) is 8.24. The van der Waals surface area contributed by atoms with Gasteiger partial charge in [-0.2, -0.15) is 0 Å². The number of nitrogens with zero attached hydrogens (tertiary/aromatic N) is 3. The molecule has 0 spiro atoms. The molecule has 1 fully saturated rings. The Morgan fingerprint density at radius 1 is 1.22 bits per heavy atom. The van der Waals surface area contributed by atoms with Crippen LogP contribution in [0.3, 0.4) is 0 Å². The monoisotopic (exact) mass is 246 g/mol. The number of hydrogen-bond acceptors (Lipinski definition) is 3. The molecule has 2 aromatic rings. The zero-order chi connectivity index (χ0) is 12.5. The fraction of sp³-hybridized carbons (Fsp3) is 0.385. The van der Waals surface area contributed by atoms with Gasteiger partial charge in [-0.05, 0) is 24.5 Å². The maximum Gasteiger partial charge on any atom is 0.147 e. The summed E-state index contributed by atoms with van der Waals surface area (Å²) in [6.45, 7) is 0.376. The molecule has 0 radical (unpaired) electrons. The Balaban J connectivity index is 1.93. The third kappa shape index (κ3) is 2.01. The highest BCUT2D eigenvalue weighted by Crippen LogP contribution is 2.36. The zero-order valence-corrected chi connectivity index (χ0v) is 10.0. The number of benzene rings is 1. The van der Waals surface area contributed by atoms with Crippen LogP contribution in [-0.2, 0) is 13.0 Å². The average molecular weight is 246 g/mol. The van der Waals surface area contributed by atoms with Crippen LogP contribution >= 0.6 is 0 Å². The van der Waals surface area contributed by atoms with Gasteiger partial charge in [0.1, 0.15) is 17.5 Å². The molecule has 0 atom stereocenters. The molecule has 1 saturated carbocycles. The van der Waals surface area contributed by atoms with E-state index in [2.05, 4.69) is 14.8 Å². The van der Waals surface area contributed by atoms with Crippen molar-refractivity contribution in [3.8, 4) is 0 Å². The van der Waals surface area contributed by atoms with Gasteiger partial charge < -0.3 is 10.3 Å². The minimum Gasteiger partial charge on any atom is -0.324 e. The van der Waals surface area contributed by atoms with Crippen LogP contribution in [0.1, 0.15) is 36.1 Å². The molecule has 1 aromatic carbocycles.